The first-order valence-electron chi connectivity index (χ1n) is 6.60. The lowest BCUT2D eigenvalue weighted by atomic mass is 10.2. The van der Waals surface area contributed by atoms with Crippen LogP contribution in [0.5, 0.6) is 0 Å². The number of hydrogen-bond donors (Lipinski definition) is 2. The standard InChI is InChI=1S/C14H24N2O2/c1-4-13-8-12(10-18)9-14(15-13)16(11(2)3)6-5-7-17/h8-9,11,17-18H,4-7,10H2,1-3H3. The van der Waals surface area contributed by atoms with Gasteiger partial charge in [0.25, 0.3) is 0 Å². The summed E-state index contributed by atoms with van der Waals surface area (Å²) in [7, 11) is 0. The van der Waals surface area contributed by atoms with Gasteiger partial charge in [-0.2, -0.15) is 0 Å². The lowest BCUT2D eigenvalue weighted by Gasteiger charge is -2.28. The summed E-state index contributed by atoms with van der Waals surface area (Å²) in [6.07, 6.45) is 1.58. The van der Waals surface area contributed by atoms with E-state index >= 15 is 0 Å². The lowest BCUT2D eigenvalue weighted by Crippen LogP contribution is -2.33. The van der Waals surface area contributed by atoms with E-state index in [1.54, 1.807) is 0 Å². The van der Waals surface area contributed by atoms with Gasteiger partial charge in [-0.3, -0.25) is 0 Å². The Labute approximate surface area is 109 Å². The molecule has 0 amide bonds. The van der Waals surface area contributed by atoms with Crippen LogP contribution in [-0.4, -0.2) is 34.4 Å². The van der Waals surface area contributed by atoms with Crippen molar-refractivity contribution >= 4 is 5.82 Å². The van der Waals surface area contributed by atoms with Crippen LogP contribution >= 0.6 is 0 Å². The van der Waals surface area contributed by atoms with Gasteiger partial charge >= 0.3 is 0 Å². The molecule has 0 saturated heterocycles. The third-order valence-electron chi connectivity index (χ3n) is 2.94. The van der Waals surface area contributed by atoms with E-state index in [0.717, 1.165) is 36.5 Å². The van der Waals surface area contributed by atoms with Crippen LogP contribution in [0.3, 0.4) is 0 Å². The summed E-state index contributed by atoms with van der Waals surface area (Å²) in [5.41, 5.74) is 1.89. The molecule has 0 aliphatic heterocycles. The maximum Gasteiger partial charge on any atom is 0.129 e. The van der Waals surface area contributed by atoms with Gasteiger partial charge in [-0.15, -0.1) is 0 Å². The summed E-state index contributed by atoms with van der Waals surface area (Å²) < 4.78 is 0. The molecule has 1 aromatic rings. The van der Waals surface area contributed by atoms with E-state index in [0.29, 0.717) is 6.04 Å². The molecular formula is C14H24N2O2. The Morgan fingerprint density at radius 1 is 1.28 bits per heavy atom. The minimum atomic E-state index is 0.0362. The Morgan fingerprint density at radius 2 is 2.00 bits per heavy atom. The van der Waals surface area contributed by atoms with Crippen LogP contribution < -0.4 is 4.90 Å². The summed E-state index contributed by atoms with van der Waals surface area (Å²) >= 11 is 0. The largest absolute Gasteiger partial charge is 0.396 e. The first-order chi connectivity index (χ1) is 8.62. The minimum absolute atomic E-state index is 0.0362. The summed E-state index contributed by atoms with van der Waals surface area (Å²) in [6.45, 7) is 7.27. The van der Waals surface area contributed by atoms with E-state index < -0.39 is 0 Å². The average Bonchev–Trinajstić information content (AvgIpc) is 2.38. The van der Waals surface area contributed by atoms with Crippen LogP contribution in [0.25, 0.3) is 0 Å². The molecule has 0 fully saturated rings. The number of anilines is 1. The van der Waals surface area contributed by atoms with Gasteiger partial charge in [0.15, 0.2) is 0 Å². The molecule has 1 heterocycles. The van der Waals surface area contributed by atoms with E-state index in [1.807, 2.05) is 12.1 Å². The van der Waals surface area contributed by atoms with Gasteiger partial charge in [-0.25, -0.2) is 4.98 Å². The SMILES string of the molecule is CCc1cc(CO)cc(N(CCCO)C(C)C)n1. The molecule has 0 bridgehead atoms. The van der Waals surface area contributed by atoms with Crippen LogP contribution in [0.4, 0.5) is 5.82 Å². The molecule has 0 aliphatic rings. The number of rotatable bonds is 7. The first kappa shape index (κ1) is 14.9. The third-order valence-corrected chi connectivity index (χ3v) is 2.94. The zero-order valence-electron chi connectivity index (χ0n) is 11.6. The second-order valence-electron chi connectivity index (χ2n) is 4.70. The van der Waals surface area contributed by atoms with Crippen molar-refractivity contribution in [2.24, 2.45) is 0 Å². The van der Waals surface area contributed by atoms with Gasteiger partial charge in [0.2, 0.25) is 0 Å². The minimum Gasteiger partial charge on any atom is -0.396 e. The predicted octanol–water partition coefficient (Wildman–Crippen LogP) is 1.73. The molecule has 0 aromatic carbocycles. The maximum atomic E-state index is 9.29. The molecule has 0 saturated carbocycles. The Morgan fingerprint density at radius 3 is 2.50 bits per heavy atom. The van der Waals surface area contributed by atoms with Crippen LogP contribution in [0.2, 0.25) is 0 Å². The fourth-order valence-electron chi connectivity index (χ4n) is 1.93. The van der Waals surface area contributed by atoms with Crippen molar-refractivity contribution in [1.82, 2.24) is 4.98 Å². The highest BCUT2D eigenvalue weighted by atomic mass is 16.3. The van der Waals surface area contributed by atoms with Crippen molar-refractivity contribution in [3.05, 3.63) is 23.4 Å². The van der Waals surface area contributed by atoms with Crippen molar-refractivity contribution < 1.29 is 10.2 Å². The molecule has 4 nitrogen and oxygen atoms in total. The zero-order valence-corrected chi connectivity index (χ0v) is 11.6. The second-order valence-corrected chi connectivity index (χ2v) is 4.70. The molecule has 0 radical (unpaired) electrons. The van der Waals surface area contributed by atoms with Crippen molar-refractivity contribution in [2.75, 3.05) is 18.1 Å². The number of hydrogen-bond acceptors (Lipinski definition) is 4. The Balaban J connectivity index is 3.02. The fourth-order valence-corrected chi connectivity index (χ4v) is 1.93. The van der Waals surface area contributed by atoms with Gasteiger partial charge in [0.1, 0.15) is 5.82 Å². The van der Waals surface area contributed by atoms with Crippen LogP contribution in [0.15, 0.2) is 12.1 Å². The van der Waals surface area contributed by atoms with E-state index in [2.05, 4.69) is 30.7 Å². The monoisotopic (exact) mass is 252 g/mol. The number of aryl methyl sites for hydroxylation is 1. The molecule has 18 heavy (non-hydrogen) atoms. The van der Waals surface area contributed by atoms with Gasteiger partial charge in [-0.05, 0) is 44.4 Å². The molecule has 0 atom stereocenters. The molecule has 0 unspecified atom stereocenters. The molecule has 0 spiro atoms. The smallest absolute Gasteiger partial charge is 0.129 e. The van der Waals surface area contributed by atoms with E-state index in [4.69, 9.17) is 5.11 Å². The molecule has 1 rings (SSSR count). The quantitative estimate of drug-likeness (QED) is 0.776. The molecule has 4 heteroatoms. The number of aliphatic hydroxyl groups excluding tert-OH is 2. The summed E-state index contributed by atoms with van der Waals surface area (Å²) in [4.78, 5) is 6.77. The van der Waals surface area contributed by atoms with E-state index in [-0.39, 0.29) is 13.2 Å². The number of aromatic nitrogens is 1. The topological polar surface area (TPSA) is 56.6 Å². The second kappa shape index (κ2) is 7.34. The van der Waals surface area contributed by atoms with Gasteiger partial charge in [0.05, 0.1) is 6.61 Å². The van der Waals surface area contributed by atoms with Gasteiger partial charge in [0, 0.05) is 24.9 Å². The van der Waals surface area contributed by atoms with Crippen LogP contribution in [0.1, 0.15) is 38.4 Å². The van der Waals surface area contributed by atoms with Crippen molar-refractivity contribution in [1.29, 1.82) is 0 Å². The normalized spacial score (nSPS) is 11.0. The molecular weight excluding hydrogens is 228 g/mol. The molecule has 102 valence electrons. The summed E-state index contributed by atoms with van der Waals surface area (Å²) in [6, 6.07) is 4.19. The van der Waals surface area contributed by atoms with Crippen molar-refractivity contribution in [3.63, 3.8) is 0 Å². The number of aliphatic hydroxyl groups is 2. The fraction of sp³-hybridized carbons (Fsp3) is 0.643. The van der Waals surface area contributed by atoms with E-state index in [1.165, 1.54) is 0 Å². The number of nitrogens with zero attached hydrogens (tertiary/aromatic N) is 2. The Hall–Kier alpha value is -1.13. The lowest BCUT2D eigenvalue weighted by molar-refractivity contribution is 0.281. The summed E-state index contributed by atoms with van der Waals surface area (Å²) in [5.74, 6) is 0.891. The summed E-state index contributed by atoms with van der Waals surface area (Å²) in [5, 5.41) is 18.3. The zero-order chi connectivity index (χ0) is 13.5. The van der Waals surface area contributed by atoms with E-state index in [9.17, 15) is 5.11 Å². The first-order valence-corrected chi connectivity index (χ1v) is 6.60. The van der Waals surface area contributed by atoms with Crippen LogP contribution in [-0.2, 0) is 13.0 Å². The average molecular weight is 252 g/mol. The molecule has 1 aromatic heterocycles. The van der Waals surface area contributed by atoms with Crippen molar-refractivity contribution in [3.8, 4) is 0 Å². The Bertz CT molecular complexity index is 345. The highest BCUT2D eigenvalue weighted by Gasteiger charge is 2.13. The van der Waals surface area contributed by atoms with Gasteiger partial charge in [-0.1, -0.05) is 6.92 Å². The number of pyridine rings is 1. The molecule has 2 N–H and O–H groups in total. The molecule has 0 aliphatic carbocycles. The van der Waals surface area contributed by atoms with Gasteiger partial charge < -0.3 is 15.1 Å². The third kappa shape index (κ3) is 3.96. The highest BCUT2D eigenvalue weighted by molar-refractivity contribution is 5.43. The highest BCUT2D eigenvalue weighted by Crippen LogP contribution is 2.18. The Kier molecular flexibility index (Phi) is 6.09. The van der Waals surface area contributed by atoms with Crippen LogP contribution in [0, 0.1) is 0 Å². The predicted molar refractivity (Wildman–Crippen MR) is 73.7 cm³/mol. The maximum absolute atomic E-state index is 9.29. The van der Waals surface area contributed by atoms with Crippen molar-refractivity contribution in [2.45, 2.75) is 46.3 Å².